The number of carbonyl (C=O) groups is 1. The maximum atomic E-state index is 13.0. The second-order valence-corrected chi connectivity index (χ2v) is 5.21. The molecule has 9 heteroatoms. The Morgan fingerprint density at radius 1 is 1.08 bits per heavy atom. The number of rotatable bonds is 6. The number of nitrogens with one attached hydrogen (secondary N) is 1. The molecule has 132 valence electrons. The molecule has 2 aromatic carbocycles. The van der Waals surface area contributed by atoms with E-state index in [1.807, 2.05) is 0 Å². The van der Waals surface area contributed by atoms with Crippen LogP contribution in [0.4, 0.5) is 22.0 Å². The summed E-state index contributed by atoms with van der Waals surface area (Å²) in [6.45, 7) is -0.0465. The molecule has 0 unspecified atom stereocenters. The van der Waals surface area contributed by atoms with Gasteiger partial charge in [-0.25, -0.2) is 4.39 Å². The summed E-state index contributed by atoms with van der Waals surface area (Å²) in [5, 5.41) is 2.90. The lowest BCUT2D eigenvalue weighted by Gasteiger charge is -2.10. The van der Waals surface area contributed by atoms with Crippen molar-refractivity contribution in [1.29, 1.82) is 0 Å². The van der Waals surface area contributed by atoms with Crippen molar-refractivity contribution in [3.8, 4) is 5.75 Å². The Bertz CT molecular complexity index is 933. The predicted molar refractivity (Wildman–Crippen MR) is 93.2 cm³/mol. The number of nitrogen functional groups attached to an aromatic ring is 1. The first-order chi connectivity index (χ1) is 12.5. The number of benzene rings is 2. The van der Waals surface area contributed by atoms with Crippen LogP contribution in [0.5, 0.6) is 5.75 Å². The number of primary amides is 1. The maximum Gasteiger partial charge on any atom is 0.252 e. The standard InChI is InChI=1S/C17H15FN6O2/c18-10-5-7-11(8-6-10)21-17-23-14(22-16(20)24-17)9-26-13-4-2-1-3-12(13)15(19)25/h1-8H,9H2,(H2,19,25)(H3,20,21,22,23,24). The summed E-state index contributed by atoms with van der Waals surface area (Å²) in [5.74, 6) is -0.215. The number of hydrogen-bond acceptors (Lipinski definition) is 7. The van der Waals surface area contributed by atoms with Crippen LogP contribution in [0.15, 0.2) is 48.5 Å². The van der Waals surface area contributed by atoms with Crippen LogP contribution in [-0.2, 0) is 6.61 Å². The smallest absolute Gasteiger partial charge is 0.252 e. The highest BCUT2D eigenvalue weighted by Gasteiger charge is 2.11. The Kier molecular flexibility index (Phi) is 4.88. The fourth-order valence-corrected chi connectivity index (χ4v) is 2.16. The highest BCUT2D eigenvalue weighted by atomic mass is 19.1. The highest BCUT2D eigenvalue weighted by Crippen LogP contribution is 2.19. The van der Waals surface area contributed by atoms with Crippen LogP contribution >= 0.6 is 0 Å². The van der Waals surface area contributed by atoms with E-state index in [0.29, 0.717) is 11.4 Å². The van der Waals surface area contributed by atoms with Crippen molar-refractivity contribution >= 4 is 23.5 Å². The number of nitrogens with two attached hydrogens (primary N) is 2. The van der Waals surface area contributed by atoms with Gasteiger partial charge in [0, 0.05) is 5.69 Å². The molecule has 5 N–H and O–H groups in total. The second-order valence-electron chi connectivity index (χ2n) is 5.21. The minimum Gasteiger partial charge on any atom is -0.485 e. The van der Waals surface area contributed by atoms with Gasteiger partial charge in [0.2, 0.25) is 11.9 Å². The number of carbonyl (C=O) groups excluding carboxylic acids is 1. The first-order valence-corrected chi connectivity index (χ1v) is 7.56. The third kappa shape index (κ3) is 4.20. The maximum absolute atomic E-state index is 13.0. The molecule has 0 saturated heterocycles. The SMILES string of the molecule is NC(=O)c1ccccc1OCc1nc(N)nc(Nc2ccc(F)cc2)n1. The largest absolute Gasteiger partial charge is 0.485 e. The molecule has 0 saturated carbocycles. The zero-order valence-electron chi connectivity index (χ0n) is 13.5. The van der Waals surface area contributed by atoms with E-state index in [4.69, 9.17) is 16.2 Å². The molecule has 1 aromatic heterocycles. The molecule has 3 aromatic rings. The average molecular weight is 354 g/mol. The van der Waals surface area contributed by atoms with Crippen molar-refractivity contribution in [3.05, 3.63) is 65.7 Å². The van der Waals surface area contributed by atoms with Crippen LogP contribution in [0, 0.1) is 5.82 Å². The van der Waals surface area contributed by atoms with E-state index >= 15 is 0 Å². The number of aromatic nitrogens is 3. The van der Waals surface area contributed by atoms with Crippen molar-refractivity contribution in [2.24, 2.45) is 5.73 Å². The highest BCUT2D eigenvalue weighted by molar-refractivity contribution is 5.95. The lowest BCUT2D eigenvalue weighted by molar-refractivity contribution is 0.0995. The molecule has 1 amide bonds. The molecule has 8 nitrogen and oxygen atoms in total. The molecule has 0 spiro atoms. The van der Waals surface area contributed by atoms with Crippen LogP contribution in [0.25, 0.3) is 0 Å². The molecule has 1 heterocycles. The Labute approximate surface area is 148 Å². The van der Waals surface area contributed by atoms with Crippen molar-refractivity contribution in [2.45, 2.75) is 6.61 Å². The van der Waals surface area contributed by atoms with Crippen LogP contribution in [0.1, 0.15) is 16.2 Å². The van der Waals surface area contributed by atoms with E-state index in [1.54, 1.807) is 24.3 Å². The normalized spacial score (nSPS) is 10.3. The molecule has 0 bridgehead atoms. The third-order valence-electron chi connectivity index (χ3n) is 3.31. The van der Waals surface area contributed by atoms with E-state index in [1.165, 1.54) is 24.3 Å². The number of ether oxygens (including phenoxy) is 1. The van der Waals surface area contributed by atoms with E-state index in [0.717, 1.165) is 0 Å². The molecule has 3 rings (SSSR count). The zero-order chi connectivity index (χ0) is 18.5. The lowest BCUT2D eigenvalue weighted by Crippen LogP contribution is -2.14. The van der Waals surface area contributed by atoms with E-state index < -0.39 is 5.91 Å². The second kappa shape index (κ2) is 7.43. The zero-order valence-corrected chi connectivity index (χ0v) is 13.5. The van der Waals surface area contributed by atoms with Crippen molar-refractivity contribution < 1.29 is 13.9 Å². The molecule has 0 atom stereocenters. The third-order valence-corrected chi connectivity index (χ3v) is 3.31. The minimum atomic E-state index is -0.602. The van der Waals surface area contributed by atoms with Gasteiger partial charge in [-0.15, -0.1) is 0 Å². The van der Waals surface area contributed by atoms with Crippen LogP contribution in [0.2, 0.25) is 0 Å². The Hall–Kier alpha value is -3.75. The summed E-state index contributed by atoms with van der Waals surface area (Å²) in [4.78, 5) is 23.6. The van der Waals surface area contributed by atoms with Crippen LogP contribution in [0.3, 0.4) is 0 Å². The van der Waals surface area contributed by atoms with Gasteiger partial charge in [0.1, 0.15) is 18.2 Å². The number of nitrogens with zero attached hydrogens (tertiary/aromatic N) is 3. The molecule has 0 aliphatic heterocycles. The van der Waals surface area contributed by atoms with Gasteiger partial charge >= 0.3 is 0 Å². The van der Waals surface area contributed by atoms with E-state index in [2.05, 4.69) is 20.3 Å². The van der Waals surface area contributed by atoms with Crippen molar-refractivity contribution in [1.82, 2.24) is 15.0 Å². The van der Waals surface area contributed by atoms with Crippen LogP contribution in [-0.4, -0.2) is 20.9 Å². The monoisotopic (exact) mass is 354 g/mol. The summed E-state index contributed by atoms with van der Waals surface area (Å²) >= 11 is 0. The molecular formula is C17H15FN6O2. The predicted octanol–water partition coefficient (Wildman–Crippen LogP) is 2.01. The quantitative estimate of drug-likeness (QED) is 0.617. The van der Waals surface area contributed by atoms with E-state index in [-0.39, 0.29) is 35.7 Å². The Morgan fingerprint density at radius 2 is 1.81 bits per heavy atom. The minimum absolute atomic E-state index is 0.00796. The first-order valence-electron chi connectivity index (χ1n) is 7.56. The van der Waals surface area contributed by atoms with Gasteiger partial charge in [-0.3, -0.25) is 4.79 Å². The summed E-state index contributed by atoms with van der Waals surface area (Å²) in [5.41, 5.74) is 11.8. The van der Waals surface area contributed by atoms with Crippen molar-refractivity contribution in [2.75, 3.05) is 11.1 Å². The summed E-state index contributed by atoms with van der Waals surface area (Å²) in [6, 6.07) is 12.2. The molecular weight excluding hydrogens is 339 g/mol. The molecule has 0 aliphatic carbocycles. The van der Waals surface area contributed by atoms with Crippen LogP contribution < -0.4 is 21.5 Å². The molecule has 26 heavy (non-hydrogen) atoms. The molecule has 0 fully saturated rings. The average Bonchev–Trinajstić information content (AvgIpc) is 2.62. The van der Waals surface area contributed by atoms with Gasteiger partial charge < -0.3 is 21.5 Å². The van der Waals surface area contributed by atoms with E-state index in [9.17, 15) is 9.18 Å². The number of hydrogen-bond donors (Lipinski definition) is 3. The number of anilines is 3. The van der Waals surface area contributed by atoms with Gasteiger partial charge in [-0.2, -0.15) is 15.0 Å². The van der Waals surface area contributed by atoms with Gasteiger partial charge in [0.05, 0.1) is 5.56 Å². The van der Waals surface area contributed by atoms with Gasteiger partial charge in [0.25, 0.3) is 5.91 Å². The Morgan fingerprint density at radius 3 is 2.54 bits per heavy atom. The molecule has 0 radical (unpaired) electrons. The van der Waals surface area contributed by atoms with Crippen molar-refractivity contribution in [3.63, 3.8) is 0 Å². The number of amides is 1. The summed E-state index contributed by atoms with van der Waals surface area (Å²) in [6.07, 6.45) is 0. The number of para-hydroxylation sites is 1. The fraction of sp³-hybridized carbons (Fsp3) is 0.0588. The van der Waals surface area contributed by atoms with Gasteiger partial charge in [-0.05, 0) is 36.4 Å². The summed E-state index contributed by atoms with van der Waals surface area (Å²) in [7, 11) is 0. The number of halogens is 1. The van der Waals surface area contributed by atoms with Gasteiger partial charge in [0.15, 0.2) is 5.82 Å². The first kappa shape index (κ1) is 17.1. The lowest BCUT2D eigenvalue weighted by atomic mass is 10.2. The Balaban J connectivity index is 1.76. The molecule has 0 aliphatic rings. The summed E-state index contributed by atoms with van der Waals surface area (Å²) < 4.78 is 18.5. The fourth-order valence-electron chi connectivity index (χ4n) is 2.16. The van der Waals surface area contributed by atoms with Gasteiger partial charge in [-0.1, -0.05) is 12.1 Å². The topological polar surface area (TPSA) is 129 Å².